The lowest BCUT2D eigenvalue weighted by molar-refractivity contribution is -0.120. The number of hydrogen-bond acceptors (Lipinski definition) is 3. The van der Waals surface area contributed by atoms with Crippen molar-refractivity contribution in [1.29, 1.82) is 0 Å². The van der Waals surface area contributed by atoms with Gasteiger partial charge in [-0.1, -0.05) is 0 Å². The molecule has 16 heavy (non-hydrogen) atoms. The highest BCUT2D eigenvalue weighted by Gasteiger charge is 2.22. The lowest BCUT2D eigenvalue weighted by Gasteiger charge is -2.12. The maximum Gasteiger partial charge on any atom is 0.316 e. The smallest absolute Gasteiger partial charge is 0.316 e. The van der Waals surface area contributed by atoms with E-state index < -0.39 is 0 Å². The lowest BCUT2D eigenvalue weighted by Crippen LogP contribution is -2.41. The SMILES string of the molecule is CN(C)C(=O)NCCNCC(=O)NC1CC1. The minimum absolute atomic E-state index is 0.0291. The van der Waals surface area contributed by atoms with Crippen LogP contribution in [-0.2, 0) is 4.79 Å². The molecule has 0 saturated heterocycles. The van der Waals surface area contributed by atoms with Gasteiger partial charge in [0.2, 0.25) is 5.91 Å². The molecule has 0 spiro atoms. The van der Waals surface area contributed by atoms with Crippen molar-refractivity contribution in [2.24, 2.45) is 0 Å². The van der Waals surface area contributed by atoms with Crippen LogP contribution >= 0.6 is 0 Å². The predicted octanol–water partition coefficient (Wildman–Crippen LogP) is -0.874. The first-order chi connectivity index (χ1) is 7.59. The third kappa shape index (κ3) is 5.55. The van der Waals surface area contributed by atoms with Gasteiger partial charge in [0.1, 0.15) is 0 Å². The Labute approximate surface area is 95.8 Å². The minimum atomic E-state index is -0.121. The molecule has 0 unspecified atom stereocenters. The van der Waals surface area contributed by atoms with Crippen molar-refractivity contribution in [2.75, 3.05) is 33.7 Å². The van der Waals surface area contributed by atoms with Crippen molar-refractivity contribution >= 4 is 11.9 Å². The number of nitrogens with zero attached hydrogens (tertiary/aromatic N) is 1. The van der Waals surface area contributed by atoms with Crippen LogP contribution in [0.25, 0.3) is 0 Å². The summed E-state index contributed by atoms with van der Waals surface area (Å²) in [4.78, 5) is 23.8. The average Bonchev–Trinajstić information content (AvgIpc) is 3.00. The third-order valence-corrected chi connectivity index (χ3v) is 2.21. The molecule has 3 N–H and O–H groups in total. The van der Waals surface area contributed by atoms with E-state index in [1.54, 1.807) is 14.1 Å². The van der Waals surface area contributed by atoms with Gasteiger partial charge in [-0.25, -0.2) is 4.79 Å². The molecule has 1 fully saturated rings. The molecule has 0 aromatic rings. The standard InChI is InChI=1S/C10H20N4O2/c1-14(2)10(16)12-6-5-11-7-9(15)13-8-3-4-8/h8,11H,3-7H2,1-2H3,(H,12,16)(H,13,15). The van der Waals surface area contributed by atoms with Crippen molar-refractivity contribution in [3.8, 4) is 0 Å². The zero-order chi connectivity index (χ0) is 12.0. The fourth-order valence-corrected chi connectivity index (χ4v) is 1.12. The average molecular weight is 228 g/mol. The molecule has 0 radical (unpaired) electrons. The summed E-state index contributed by atoms with van der Waals surface area (Å²) in [6.45, 7) is 1.43. The summed E-state index contributed by atoms with van der Waals surface area (Å²) >= 11 is 0. The van der Waals surface area contributed by atoms with Gasteiger partial charge in [-0.15, -0.1) is 0 Å². The lowest BCUT2D eigenvalue weighted by atomic mass is 10.5. The summed E-state index contributed by atoms with van der Waals surface area (Å²) in [5.41, 5.74) is 0. The van der Waals surface area contributed by atoms with E-state index in [2.05, 4.69) is 16.0 Å². The summed E-state index contributed by atoms with van der Waals surface area (Å²) < 4.78 is 0. The van der Waals surface area contributed by atoms with Gasteiger partial charge in [0, 0.05) is 33.2 Å². The highest BCUT2D eigenvalue weighted by Crippen LogP contribution is 2.17. The van der Waals surface area contributed by atoms with Crippen LogP contribution in [0.3, 0.4) is 0 Å². The number of carbonyl (C=O) groups excluding carboxylic acids is 2. The van der Waals surface area contributed by atoms with Gasteiger partial charge in [-0.05, 0) is 12.8 Å². The van der Waals surface area contributed by atoms with E-state index >= 15 is 0 Å². The number of nitrogens with one attached hydrogen (secondary N) is 3. The Bertz CT molecular complexity index is 251. The van der Waals surface area contributed by atoms with Crippen molar-refractivity contribution in [2.45, 2.75) is 18.9 Å². The third-order valence-electron chi connectivity index (χ3n) is 2.21. The van der Waals surface area contributed by atoms with Gasteiger partial charge in [-0.2, -0.15) is 0 Å². The normalized spacial score (nSPS) is 14.4. The van der Waals surface area contributed by atoms with Gasteiger partial charge < -0.3 is 20.9 Å². The van der Waals surface area contributed by atoms with Crippen molar-refractivity contribution < 1.29 is 9.59 Å². The second-order valence-electron chi connectivity index (χ2n) is 4.14. The maximum absolute atomic E-state index is 11.2. The molecule has 6 nitrogen and oxygen atoms in total. The topological polar surface area (TPSA) is 73.5 Å². The molecular weight excluding hydrogens is 208 g/mol. The minimum Gasteiger partial charge on any atom is -0.352 e. The Balaban J connectivity index is 1.90. The first-order valence-corrected chi connectivity index (χ1v) is 5.55. The zero-order valence-electron chi connectivity index (χ0n) is 9.88. The van der Waals surface area contributed by atoms with Crippen LogP contribution < -0.4 is 16.0 Å². The molecule has 0 atom stereocenters. The van der Waals surface area contributed by atoms with Crippen LogP contribution in [0.4, 0.5) is 4.79 Å². The van der Waals surface area contributed by atoms with Crippen molar-refractivity contribution in [3.05, 3.63) is 0 Å². The fraction of sp³-hybridized carbons (Fsp3) is 0.800. The monoisotopic (exact) mass is 228 g/mol. The molecule has 0 bridgehead atoms. The first kappa shape index (κ1) is 12.8. The molecule has 1 rings (SSSR count). The molecule has 0 aliphatic heterocycles. The number of carbonyl (C=O) groups is 2. The van der Waals surface area contributed by atoms with Crippen LogP contribution in [0.1, 0.15) is 12.8 Å². The van der Waals surface area contributed by atoms with E-state index in [0.717, 1.165) is 12.8 Å². The molecule has 0 heterocycles. The highest BCUT2D eigenvalue weighted by molar-refractivity contribution is 5.78. The van der Waals surface area contributed by atoms with Gasteiger partial charge in [0.25, 0.3) is 0 Å². The van der Waals surface area contributed by atoms with E-state index in [1.807, 2.05) is 0 Å². The van der Waals surface area contributed by atoms with Crippen molar-refractivity contribution in [1.82, 2.24) is 20.9 Å². The molecule has 1 saturated carbocycles. The number of urea groups is 1. The maximum atomic E-state index is 11.2. The predicted molar refractivity (Wildman–Crippen MR) is 61.1 cm³/mol. The Kier molecular flexibility index (Phi) is 5.04. The van der Waals surface area contributed by atoms with E-state index in [4.69, 9.17) is 0 Å². The highest BCUT2D eigenvalue weighted by atomic mass is 16.2. The van der Waals surface area contributed by atoms with E-state index in [1.165, 1.54) is 4.90 Å². The summed E-state index contributed by atoms with van der Waals surface area (Å²) in [7, 11) is 3.37. The molecule has 3 amide bonds. The fourth-order valence-electron chi connectivity index (χ4n) is 1.12. The number of amides is 3. The molecule has 6 heteroatoms. The molecule has 0 aromatic heterocycles. The number of hydrogen-bond donors (Lipinski definition) is 3. The van der Waals surface area contributed by atoms with Crippen molar-refractivity contribution in [3.63, 3.8) is 0 Å². The van der Waals surface area contributed by atoms with Crippen LogP contribution in [0.15, 0.2) is 0 Å². The largest absolute Gasteiger partial charge is 0.352 e. The summed E-state index contributed by atoms with van der Waals surface area (Å²) in [6.07, 6.45) is 2.20. The Morgan fingerprint density at radius 3 is 2.50 bits per heavy atom. The molecule has 0 aromatic carbocycles. The van der Waals surface area contributed by atoms with Gasteiger partial charge in [0.05, 0.1) is 6.54 Å². The van der Waals surface area contributed by atoms with Crippen LogP contribution in [0.5, 0.6) is 0 Å². The van der Waals surface area contributed by atoms with E-state index in [9.17, 15) is 9.59 Å². The quantitative estimate of drug-likeness (QED) is 0.517. The van der Waals surface area contributed by atoms with Crippen LogP contribution in [0, 0.1) is 0 Å². The first-order valence-electron chi connectivity index (χ1n) is 5.55. The Morgan fingerprint density at radius 1 is 1.25 bits per heavy atom. The van der Waals surface area contributed by atoms with Crippen LogP contribution in [-0.4, -0.2) is 56.6 Å². The second-order valence-corrected chi connectivity index (χ2v) is 4.14. The molecule has 1 aliphatic rings. The van der Waals surface area contributed by atoms with E-state index in [-0.39, 0.29) is 11.9 Å². The van der Waals surface area contributed by atoms with E-state index in [0.29, 0.717) is 25.7 Å². The van der Waals surface area contributed by atoms with Gasteiger partial charge in [-0.3, -0.25) is 4.79 Å². The van der Waals surface area contributed by atoms with Gasteiger partial charge in [0.15, 0.2) is 0 Å². The summed E-state index contributed by atoms with van der Waals surface area (Å²) in [6, 6.07) is 0.284. The number of rotatable bonds is 6. The van der Waals surface area contributed by atoms with Crippen LogP contribution in [0.2, 0.25) is 0 Å². The molecule has 92 valence electrons. The Morgan fingerprint density at radius 2 is 1.94 bits per heavy atom. The Hall–Kier alpha value is -1.30. The second kappa shape index (κ2) is 6.32. The molecule has 1 aliphatic carbocycles. The zero-order valence-corrected chi connectivity index (χ0v) is 9.88. The van der Waals surface area contributed by atoms with Gasteiger partial charge >= 0.3 is 6.03 Å². The summed E-state index contributed by atoms with van der Waals surface area (Å²) in [5, 5.41) is 8.54. The summed E-state index contributed by atoms with van der Waals surface area (Å²) in [5.74, 6) is 0.0291. The molecular formula is C10H20N4O2.